The second kappa shape index (κ2) is 8.44. The van der Waals surface area contributed by atoms with Crippen LogP contribution in [0.4, 0.5) is 8.78 Å². The molecule has 4 aromatic rings. The number of aryl methyl sites for hydroxylation is 1. The van der Waals surface area contributed by atoms with Crippen molar-refractivity contribution in [2.45, 2.75) is 32.2 Å². The van der Waals surface area contributed by atoms with Crippen molar-refractivity contribution in [2.75, 3.05) is 0 Å². The zero-order valence-corrected chi connectivity index (χ0v) is 16.8. The highest BCUT2D eigenvalue weighted by Crippen LogP contribution is 2.30. The maximum Gasteiger partial charge on any atom is 0.305 e. The minimum Gasteiger partial charge on any atom is -0.245 e. The average molecular weight is 419 g/mol. The fourth-order valence-corrected chi connectivity index (χ4v) is 3.23. The monoisotopic (exact) mass is 419 g/mol. The lowest BCUT2D eigenvalue weighted by molar-refractivity contribution is 0.00756. The molecule has 156 valence electrons. The number of H-pyrrole nitrogens is 1. The number of rotatable bonds is 7. The first-order chi connectivity index (χ1) is 15.0. The van der Waals surface area contributed by atoms with Crippen LogP contribution < -0.4 is 0 Å². The molecule has 7 nitrogen and oxygen atoms in total. The van der Waals surface area contributed by atoms with Crippen LogP contribution in [-0.2, 0) is 18.9 Å². The van der Waals surface area contributed by atoms with E-state index >= 15 is 0 Å². The Bertz CT molecular complexity index is 1200. The highest BCUT2D eigenvalue weighted by Gasteiger charge is 2.31. The molecule has 31 heavy (non-hydrogen) atoms. The van der Waals surface area contributed by atoms with Crippen molar-refractivity contribution in [1.29, 1.82) is 0 Å². The lowest BCUT2D eigenvalue weighted by atomic mass is 9.98. The number of nitrogens with one attached hydrogen (secondary N) is 1. The third-order valence-electron chi connectivity index (χ3n) is 4.76. The second-order valence-electron chi connectivity index (χ2n) is 7.09. The van der Waals surface area contributed by atoms with E-state index in [0.717, 1.165) is 29.2 Å². The summed E-state index contributed by atoms with van der Waals surface area (Å²) < 4.78 is 28.9. The van der Waals surface area contributed by atoms with Crippen LogP contribution in [-0.4, -0.2) is 35.4 Å². The van der Waals surface area contributed by atoms with Gasteiger partial charge in [0.15, 0.2) is 5.82 Å². The summed E-state index contributed by atoms with van der Waals surface area (Å²) in [6, 6.07) is 15.6. The molecule has 0 radical (unpaired) electrons. The summed E-state index contributed by atoms with van der Waals surface area (Å²) in [6.07, 6.45) is 6.11. The van der Waals surface area contributed by atoms with Gasteiger partial charge in [0, 0.05) is 25.3 Å². The van der Waals surface area contributed by atoms with E-state index in [9.17, 15) is 8.78 Å². The van der Waals surface area contributed by atoms with Gasteiger partial charge in [-0.2, -0.15) is 8.78 Å². The van der Waals surface area contributed by atoms with Gasteiger partial charge in [-0.1, -0.05) is 48.5 Å². The van der Waals surface area contributed by atoms with Gasteiger partial charge < -0.3 is 0 Å². The van der Waals surface area contributed by atoms with Gasteiger partial charge in [-0.15, -0.1) is 22.5 Å². The predicted octanol–water partition coefficient (Wildman–Crippen LogP) is 3.85. The molecule has 4 rings (SSSR count). The molecule has 0 fully saturated rings. The van der Waals surface area contributed by atoms with Gasteiger partial charge in [-0.05, 0) is 27.1 Å². The van der Waals surface area contributed by atoms with Crippen LogP contribution in [0, 0.1) is 12.3 Å². The van der Waals surface area contributed by atoms with Crippen molar-refractivity contribution in [2.24, 2.45) is 0 Å². The standard InChI is InChI=1S/C22H19F2N7/c1-3-4-9-19-25-21(22(2,23)24)28-31(19)14-15-10-12-16(13-11-15)17-7-5-6-8-18(17)20-26-29-30-27-20/h1,5-8,10-13H,4,9,14H2,2H3,(H,26,27,29,30). The molecular weight excluding hydrogens is 400 g/mol. The summed E-state index contributed by atoms with van der Waals surface area (Å²) >= 11 is 0. The molecule has 9 heteroatoms. The van der Waals surface area contributed by atoms with Crippen molar-refractivity contribution in [3.05, 3.63) is 65.7 Å². The molecule has 0 unspecified atom stereocenters. The molecule has 0 atom stereocenters. The Kier molecular flexibility index (Phi) is 5.54. The van der Waals surface area contributed by atoms with Gasteiger partial charge in [0.2, 0.25) is 5.82 Å². The fourth-order valence-electron chi connectivity index (χ4n) is 3.23. The van der Waals surface area contributed by atoms with Crippen LogP contribution in [0.1, 0.15) is 30.6 Å². The maximum atomic E-state index is 13.7. The van der Waals surface area contributed by atoms with E-state index in [1.165, 1.54) is 4.68 Å². The summed E-state index contributed by atoms with van der Waals surface area (Å²) in [7, 11) is 0. The molecule has 0 amide bonds. The third kappa shape index (κ3) is 4.48. The van der Waals surface area contributed by atoms with Crippen LogP contribution in [0.3, 0.4) is 0 Å². The fraction of sp³-hybridized carbons (Fsp3) is 0.227. The maximum absolute atomic E-state index is 13.7. The van der Waals surface area contributed by atoms with Crippen LogP contribution in [0.2, 0.25) is 0 Å². The zero-order chi connectivity index (χ0) is 21.8. The number of alkyl halides is 2. The smallest absolute Gasteiger partial charge is 0.245 e. The number of aromatic amines is 1. The Morgan fingerprint density at radius 3 is 2.48 bits per heavy atom. The van der Waals surface area contributed by atoms with Crippen molar-refractivity contribution < 1.29 is 8.78 Å². The highest BCUT2D eigenvalue weighted by atomic mass is 19.3. The van der Waals surface area contributed by atoms with Gasteiger partial charge in [-0.25, -0.2) is 14.8 Å². The topological polar surface area (TPSA) is 85.2 Å². The molecule has 0 bridgehead atoms. The molecule has 2 aromatic heterocycles. The Balaban J connectivity index is 1.61. The van der Waals surface area contributed by atoms with E-state index in [2.05, 4.69) is 36.6 Å². The van der Waals surface area contributed by atoms with Gasteiger partial charge in [0.25, 0.3) is 0 Å². The van der Waals surface area contributed by atoms with Crippen LogP contribution in [0.25, 0.3) is 22.5 Å². The van der Waals surface area contributed by atoms with Crippen LogP contribution >= 0.6 is 0 Å². The minimum absolute atomic E-state index is 0.316. The van der Waals surface area contributed by atoms with Crippen molar-refractivity contribution >= 4 is 0 Å². The Morgan fingerprint density at radius 1 is 1.10 bits per heavy atom. The molecule has 0 aliphatic carbocycles. The number of hydrogen-bond donors (Lipinski definition) is 1. The molecular formula is C22H19F2N7. The second-order valence-corrected chi connectivity index (χ2v) is 7.09. The van der Waals surface area contributed by atoms with Gasteiger partial charge in [-0.3, -0.25) is 0 Å². The molecule has 0 aliphatic heterocycles. The number of terminal acetylenes is 1. The minimum atomic E-state index is -3.11. The number of tetrazole rings is 1. The summed E-state index contributed by atoms with van der Waals surface area (Å²) in [6.45, 7) is 1.10. The normalized spacial score (nSPS) is 11.4. The number of hydrogen-bond acceptors (Lipinski definition) is 5. The summed E-state index contributed by atoms with van der Waals surface area (Å²) in [5, 5.41) is 18.1. The lowest BCUT2D eigenvalue weighted by Crippen LogP contribution is -2.11. The molecule has 0 saturated heterocycles. The van der Waals surface area contributed by atoms with E-state index in [-0.39, 0.29) is 0 Å². The van der Waals surface area contributed by atoms with E-state index in [4.69, 9.17) is 6.42 Å². The van der Waals surface area contributed by atoms with E-state index in [0.29, 0.717) is 31.0 Å². The molecule has 0 aliphatic rings. The first-order valence-corrected chi connectivity index (χ1v) is 9.63. The Morgan fingerprint density at radius 2 is 1.84 bits per heavy atom. The molecule has 2 heterocycles. The number of benzene rings is 2. The highest BCUT2D eigenvalue weighted by molar-refractivity contribution is 5.80. The Labute approximate surface area is 177 Å². The van der Waals surface area contributed by atoms with Gasteiger partial charge >= 0.3 is 5.92 Å². The van der Waals surface area contributed by atoms with Crippen molar-refractivity contribution in [3.8, 4) is 34.9 Å². The quantitative estimate of drug-likeness (QED) is 0.460. The van der Waals surface area contributed by atoms with E-state index in [1.54, 1.807) is 0 Å². The Hall–Kier alpha value is -3.93. The largest absolute Gasteiger partial charge is 0.305 e. The molecule has 2 aromatic carbocycles. The van der Waals surface area contributed by atoms with E-state index < -0.39 is 11.7 Å². The molecule has 1 N–H and O–H groups in total. The predicted molar refractivity (Wildman–Crippen MR) is 111 cm³/mol. The number of halogens is 2. The lowest BCUT2D eigenvalue weighted by Gasteiger charge is -2.09. The summed E-state index contributed by atoms with van der Waals surface area (Å²) in [4.78, 5) is 4.00. The van der Waals surface area contributed by atoms with Crippen LogP contribution in [0.15, 0.2) is 48.5 Å². The van der Waals surface area contributed by atoms with Gasteiger partial charge in [0.05, 0.1) is 6.54 Å². The average Bonchev–Trinajstić information content (AvgIpc) is 3.43. The number of nitrogens with zero attached hydrogens (tertiary/aromatic N) is 6. The first kappa shape index (κ1) is 20.3. The van der Waals surface area contributed by atoms with E-state index in [1.807, 2.05) is 48.5 Å². The zero-order valence-electron chi connectivity index (χ0n) is 16.8. The molecule has 0 saturated carbocycles. The SMILES string of the molecule is C#CCCc1nc(C(C)(F)F)nn1Cc1ccc(-c2ccccc2-c2nnn[nH]2)cc1. The van der Waals surface area contributed by atoms with Gasteiger partial charge in [0.1, 0.15) is 5.82 Å². The first-order valence-electron chi connectivity index (χ1n) is 9.63. The summed E-state index contributed by atoms with van der Waals surface area (Å²) in [5.41, 5.74) is 3.72. The molecule has 0 spiro atoms. The summed E-state index contributed by atoms with van der Waals surface area (Å²) in [5.74, 6) is -0.0707. The van der Waals surface area contributed by atoms with Crippen molar-refractivity contribution in [1.82, 2.24) is 35.4 Å². The van der Waals surface area contributed by atoms with Crippen molar-refractivity contribution in [3.63, 3.8) is 0 Å². The number of aromatic nitrogens is 7. The third-order valence-corrected chi connectivity index (χ3v) is 4.76. The van der Waals surface area contributed by atoms with Crippen LogP contribution in [0.5, 0.6) is 0 Å².